The number of aromatic carboxylic acids is 1. The highest BCUT2D eigenvalue weighted by atomic mass is 35.5. The molecule has 4 nitrogen and oxygen atoms in total. The zero-order valence-corrected chi connectivity index (χ0v) is 10.2. The lowest BCUT2D eigenvalue weighted by molar-refractivity contribution is 0.0697. The maximum atomic E-state index is 11.1. The van der Waals surface area contributed by atoms with E-state index in [0.29, 0.717) is 10.7 Å². The van der Waals surface area contributed by atoms with Crippen molar-refractivity contribution in [1.29, 1.82) is 0 Å². The third-order valence-electron chi connectivity index (χ3n) is 2.85. The van der Waals surface area contributed by atoms with E-state index in [0.717, 1.165) is 25.9 Å². The molecule has 1 saturated heterocycles. The van der Waals surface area contributed by atoms with Crippen LogP contribution < -0.4 is 5.43 Å². The van der Waals surface area contributed by atoms with E-state index in [4.69, 9.17) is 16.7 Å². The Kier molecular flexibility index (Phi) is 3.86. The summed E-state index contributed by atoms with van der Waals surface area (Å²) in [6, 6.07) is 4.77. The van der Waals surface area contributed by atoms with Crippen LogP contribution in [0.3, 0.4) is 0 Å². The van der Waals surface area contributed by atoms with Gasteiger partial charge >= 0.3 is 5.97 Å². The summed E-state index contributed by atoms with van der Waals surface area (Å²) in [4.78, 5) is 11.1. The molecule has 5 heteroatoms. The van der Waals surface area contributed by atoms with Crippen LogP contribution in [0, 0.1) is 0 Å². The predicted octanol–water partition coefficient (Wildman–Crippen LogP) is 2.85. The van der Waals surface area contributed by atoms with Gasteiger partial charge in [0.2, 0.25) is 0 Å². The Hall–Kier alpha value is -1.26. The monoisotopic (exact) mass is 254 g/mol. The molecule has 1 aromatic rings. The highest BCUT2D eigenvalue weighted by molar-refractivity contribution is 6.31. The molecule has 0 spiro atoms. The molecule has 2 rings (SSSR count). The van der Waals surface area contributed by atoms with Gasteiger partial charge in [0.25, 0.3) is 0 Å². The fraction of sp³-hybridized carbons (Fsp3) is 0.417. The quantitative estimate of drug-likeness (QED) is 0.871. The first-order chi connectivity index (χ1) is 8.16. The van der Waals surface area contributed by atoms with Crippen LogP contribution in [-0.4, -0.2) is 29.2 Å². The van der Waals surface area contributed by atoms with E-state index >= 15 is 0 Å². The number of nitrogens with one attached hydrogen (secondary N) is 1. The molecular formula is C12H15ClN2O2. The summed E-state index contributed by atoms with van der Waals surface area (Å²) < 4.78 is 0. The van der Waals surface area contributed by atoms with Crippen molar-refractivity contribution >= 4 is 23.3 Å². The average molecular weight is 255 g/mol. The summed E-state index contributed by atoms with van der Waals surface area (Å²) in [6.45, 7) is 1.87. The molecule has 17 heavy (non-hydrogen) atoms. The minimum atomic E-state index is -0.943. The fourth-order valence-electron chi connectivity index (χ4n) is 1.97. The number of piperidine rings is 1. The number of carboxylic acid groups (broad SMARTS) is 1. The molecule has 1 aliphatic heterocycles. The third kappa shape index (κ3) is 3.11. The summed E-state index contributed by atoms with van der Waals surface area (Å²) >= 11 is 5.89. The topological polar surface area (TPSA) is 52.6 Å². The minimum Gasteiger partial charge on any atom is -0.478 e. The van der Waals surface area contributed by atoms with Crippen LogP contribution in [0.1, 0.15) is 29.6 Å². The maximum Gasteiger partial charge on any atom is 0.337 e. The molecule has 1 fully saturated rings. The van der Waals surface area contributed by atoms with Crippen molar-refractivity contribution in [2.24, 2.45) is 0 Å². The van der Waals surface area contributed by atoms with Crippen molar-refractivity contribution in [3.63, 3.8) is 0 Å². The summed E-state index contributed by atoms with van der Waals surface area (Å²) in [5.74, 6) is -0.943. The van der Waals surface area contributed by atoms with Crippen LogP contribution in [0.5, 0.6) is 0 Å². The molecule has 0 saturated carbocycles. The number of halogens is 1. The number of carbonyl (C=O) groups is 1. The molecule has 0 aliphatic carbocycles. The van der Waals surface area contributed by atoms with Gasteiger partial charge in [0.1, 0.15) is 0 Å². The molecule has 2 N–H and O–H groups in total. The van der Waals surface area contributed by atoms with Crippen LogP contribution in [0.4, 0.5) is 5.69 Å². The molecule has 92 valence electrons. The van der Waals surface area contributed by atoms with Crippen molar-refractivity contribution in [2.75, 3.05) is 18.5 Å². The predicted molar refractivity (Wildman–Crippen MR) is 67.5 cm³/mol. The third-order valence-corrected chi connectivity index (χ3v) is 3.08. The SMILES string of the molecule is O=C(O)c1ccc(Cl)cc1NN1CCCCC1. The number of nitrogens with zero attached hydrogens (tertiary/aromatic N) is 1. The summed E-state index contributed by atoms with van der Waals surface area (Å²) in [5, 5.41) is 11.7. The Morgan fingerprint density at radius 2 is 2.00 bits per heavy atom. The van der Waals surface area contributed by atoms with E-state index in [1.54, 1.807) is 12.1 Å². The summed E-state index contributed by atoms with van der Waals surface area (Å²) in [5.41, 5.74) is 3.95. The lowest BCUT2D eigenvalue weighted by Crippen LogP contribution is -2.35. The Morgan fingerprint density at radius 3 is 2.65 bits per heavy atom. The molecule has 0 unspecified atom stereocenters. The van der Waals surface area contributed by atoms with Crippen LogP contribution in [0.2, 0.25) is 5.02 Å². The van der Waals surface area contributed by atoms with Crippen LogP contribution in [0.15, 0.2) is 18.2 Å². The average Bonchev–Trinajstić information content (AvgIpc) is 2.30. The Labute approximate surface area is 105 Å². The van der Waals surface area contributed by atoms with E-state index in [9.17, 15) is 4.79 Å². The molecule has 0 atom stereocenters. The highest BCUT2D eigenvalue weighted by Gasteiger charge is 2.15. The normalized spacial score (nSPS) is 16.8. The van der Waals surface area contributed by atoms with Crippen molar-refractivity contribution in [1.82, 2.24) is 5.01 Å². The highest BCUT2D eigenvalue weighted by Crippen LogP contribution is 2.22. The van der Waals surface area contributed by atoms with Gasteiger partial charge in [-0.3, -0.25) is 0 Å². The first kappa shape index (κ1) is 12.2. The van der Waals surface area contributed by atoms with Gasteiger partial charge in [-0.15, -0.1) is 0 Å². The molecule has 0 aromatic heterocycles. The standard InChI is InChI=1S/C12H15ClN2O2/c13-9-4-5-10(12(16)17)11(8-9)14-15-6-2-1-3-7-15/h4-5,8,14H,1-3,6-7H2,(H,16,17). The lowest BCUT2D eigenvalue weighted by Gasteiger charge is -2.28. The number of hydrogen-bond donors (Lipinski definition) is 2. The Bertz CT molecular complexity index is 417. The Balaban J connectivity index is 2.17. The fourth-order valence-corrected chi connectivity index (χ4v) is 2.14. The van der Waals surface area contributed by atoms with Gasteiger partial charge in [-0.05, 0) is 31.0 Å². The molecule has 0 radical (unpaired) electrons. The molecule has 1 aromatic carbocycles. The van der Waals surface area contributed by atoms with E-state index < -0.39 is 5.97 Å². The molecule has 1 heterocycles. The first-order valence-electron chi connectivity index (χ1n) is 5.71. The van der Waals surface area contributed by atoms with Crippen molar-refractivity contribution < 1.29 is 9.90 Å². The second kappa shape index (κ2) is 5.38. The number of benzene rings is 1. The second-order valence-electron chi connectivity index (χ2n) is 4.15. The van der Waals surface area contributed by atoms with E-state index in [1.165, 1.54) is 12.5 Å². The van der Waals surface area contributed by atoms with Gasteiger partial charge in [0, 0.05) is 18.1 Å². The van der Waals surface area contributed by atoms with Gasteiger partial charge in [-0.25, -0.2) is 9.80 Å². The van der Waals surface area contributed by atoms with Gasteiger partial charge in [-0.2, -0.15) is 0 Å². The largest absolute Gasteiger partial charge is 0.478 e. The maximum absolute atomic E-state index is 11.1. The number of rotatable bonds is 3. The van der Waals surface area contributed by atoms with Gasteiger partial charge < -0.3 is 10.5 Å². The first-order valence-corrected chi connectivity index (χ1v) is 6.09. The summed E-state index contributed by atoms with van der Waals surface area (Å²) in [7, 11) is 0. The zero-order chi connectivity index (χ0) is 12.3. The summed E-state index contributed by atoms with van der Waals surface area (Å²) in [6.07, 6.45) is 3.51. The van der Waals surface area contributed by atoms with E-state index in [2.05, 4.69) is 5.43 Å². The van der Waals surface area contributed by atoms with Gasteiger partial charge in [-0.1, -0.05) is 18.0 Å². The van der Waals surface area contributed by atoms with Gasteiger partial charge in [0.05, 0.1) is 11.3 Å². The van der Waals surface area contributed by atoms with E-state index in [1.807, 2.05) is 5.01 Å². The van der Waals surface area contributed by atoms with Crippen LogP contribution in [0.25, 0.3) is 0 Å². The minimum absolute atomic E-state index is 0.250. The van der Waals surface area contributed by atoms with Gasteiger partial charge in [0.15, 0.2) is 0 Å². The number of carboxylic acids is 1. The molecule has 0 bridgehead atoms. The molecular weight excluding hydrogens is 240 g/mol. The second-order valence-corrected chi connectivity index (χ2v) is 4.59. The van der Waals surface area contributed by atoms with Crippen LogP contribution >= 0.6 is 11.6 Å². The number of anilines is 1. The van der Waals surface area contributed by atoms with Crippen molar-refractivity contribution in [3.8, 4) is 0 Å². The smallest absolute Gasteiger partial charge is 0.337 e. The van der Waals surface area contributed by atoms with Crippen molar-refractivity contribution in [2.45, 2.75) is 19.3 Å². The number of hydrazine groups is 1. The molecule has 1 aliphatic rings. The number of hydrogen-bond acceptors (Lipinski definition) is 3. The zero-order valence-electron chi connectivity index (χ0n) is 9.45. The van der Waals surface area contributed by atoms with Crippen molar-refractivity contribution in [3.05, 3.63) is 28.8 Å². The van der Waals surface area contributed by atoms with E-state index in [-0.39, 0.29) is 5.56 Å². The lowest BCUT2D eigenvalue weighted by atomic mass is 10.1. The molecule has 0 amide bonds. The Morgan fingerprint density at radius 1 is 1.29 bits per heavy atom. The van der Waals surface area contributed by atoms with Crippen LogP contribution in [-0.2, 0) is 0 Å².